The molecule has 0 aliphatic carbocycles. The fourth-order valence-electron chi connectivity index (χ4n) is 4.71. The molecule has 12 nitrogen and oxygen atoms in total. The number of ether oxygens (including phenoxy) is 3. The van der Waals surface area contributed by atoms with Gasteiger partial charge in [0, 0.05) is 24.6 Å². The van der Waals surface area contributed by atoms with Gasteiger partial charge in [0.2, 0.25) is 17.7 Å². The largest absolute Gasteiger partial charge is 0.463 e. The Morgan fingerprint density at radius 3 is 2.38 bits per heavy atom. The minimum atomic E-state index is -1.18. The Kier molecular flexibility index (Phi) is 15.9. The van der Waals surface area contributed by atoms with E-state index in [4.69, 9.17) is 14.2 Å². The third kappa shape index (κ3) is 14.4. The molecule has 4 amide bonds. The van der Waals surface area contributed by atoms with Crippen molar-refractivity contribution in [3.05, 3.63) is 48.0 Å². The fraction of sp³-hybridized carbons (Fsp3) is 0.594. The molecule has 1 heterocycles. The van der Waals surface area contributed by atoms with Gasteiger partial charge in [0.05, 0.1) is 18.3 Å². The maximum Gasteiger partial charge on any atom is 0.408 e. The summed E-state index contributed by atoms with van der Waals surface area (Å²) in [6, 6.07) is 6.29. The van der Waals surface area contributed by atoms with E-state index in [0.717, 1.165) is 5.56 Å². The Morgan fingerprint density at radius 2 is 1.78 bits per heavy atom. The summed E-state index contributed by atoms with van der Waals surface area (Å²) in [5.74, 6) is -1.60. The van der Waals surface area contributed by atoms with Crippen molar-refractivity contribution >= 4 is 41.5 Å². The molecule has 1 unspecified atom stereocenters. The molecule has 1 aromatic rings. The first kappa shape index (κ1) is 37.6. The van der Waals surface area contributed by atoms with Gasteiger partial charge in [-0.3, -0.25) is 14.4 Å². The van der Waals surface area contributed by atoms with Gasteiger partial charge in [0.1, 0.15) is 18.7 Å². The van der Waals surface area contributed by atoms with E-state index in [-0.39, 0.29) is 37.9 Å². The van der Waals surface area contributed by atoms with E-state index in [1.54, 1.807) is 13.8 Å². The number of benzene rings is 1. The molecule has 45 heavy (non-hydrogen) atoms. The topological polar surface area (TPSA) is 161 Å². The predicted octanol–water partition coefficient (Wildman–Crippen LogP) is 2.85. The number of nitrogens with one attached hydrogen (secondary N) is 4. The van der Waals surface area contributed by atoms with E-state index in [1.807, 2.05) is 57.4 Å². The van der Waals surface area contributed by atoms with Crippen LogP contribution in [0.15, 0.2) is 42.5 Å². The van der Waals surface area contributed by atoms with Crippen molar-refractivity contribution in [3.8, 4) is 0 Å². The van der Waals surface area contributed by atoms with Gasteiger partial charge in [-0.2, -0.15) is 11.8 Å². The molecule has 1 aromatic carbocycles. The number of hydrogen-bond acceptors (Lipinski definition) is 9. The van der Waals surface area contributed by atoms with Crippen LogP contribution in [-0.2, 0) is 40.0 Å². The molecule has 13 heteroatoms. The Labute approximate surface area is 270 Å². The molecule has 0 aromatic heterocycles. The molecule has 250 valence electrons. The highest BCUT2D eigenvalue weighted by atomic mass is 32.2. The maximum absolute atomic E-state index is 13.7. The summed E-state index contributed by atoms with van der Waals surface area (Å²) in [5, 5.41) is 11.0. The monoisotopic (exact) mass is 648 g/mol. The van der Waals surface area contributed by atoms with Gasteiger partial charge >= 0.3 is 12.1 Å². The van der Waals surface area contributed by atoms with Crippen molar-refractivity contribution in [2.24, 2.45) is 5.92 Å². The Hall–Kier alpha value is -3.58. The lowest BCUT2D eigenvalue weighted by atomic mass is 9.97. The summed E-state index contributed by atoms with van der Waals surface area (Å²) in [4.78, 5) is 64.3. The van der Waals surface area contributed by atoms with Crippen LogP contribution in [0.25, 0.3) is 0 Å². The predicted molar refractivity (Wildman–Crippen MR) is 172 cm³/mol. The summed E-state index contributed by atoms with van der Waals surface area (Å²) < 4.78 is 16.3. The van der Waals surface area contributed by atoms with Gasteiger partial charge in [-0.15, -0.1) is 0 Å². The van der Waals surface area contributed by atoms with Crippen molar-refractivity contribution < 1.29 is 38.2 Å². The first-order chi connectivity index (χ1) is 21.3. The molecule has 0 bridgehead atoms. The SMILES string of the molecule is CCOC(=O)/C=C/[C@H](C[C@@H]1CCNC1=O)NC(=O)[C@H](CCSC)NC(=O)[C@@H](NC(=O)OCc1ccccc1)C(C)OC(C)(C)C. The zero-order chi connectivity index (χ0) is 33.4. The van der Waals surface area contributed by atoms with E-state index in [2.05, 4.69) is 21.3 Å². The molecule has 1 fully saturated rings. The zero-order valence-electron chi connectivity index (χ0n) is 27.1. The lowest BCUT2D eigenvalue weighted by Crippen LogP contribution is -2.58. The van der Waals surface area contributed by atoms with Gasteiger partial charge in [0.25, 0.3) is 0 Å². The van der Waals surface area contributed by atoms with Crippen LogP contribution >= 0.6 is 11.8 Å². The molecule has 2 rings (SSSR count). The van der Waals surface area contributed by atoms with Crippen LogP contribution in [0.4, 0.5) is 4.79 Å². The number of esters is 1. The molecule has 1 aliphatic rings. The maximum atomic E-state index is 13.7. The van der Waals surface area contributed by atoms with Gasteiger partial charge < -0.3 is 35.5 Å². The number of rotatable bonds is 17. The first-order valence-corrected chi connectivity index (χ1v) is 16.6. The highest BCUT2D eigenvalue weighted by Gasteiger charge is 2.34. The highest BCUT2D eigenvalue weighted by Crippen LogP contribution is 2.18. The first-order valence-electron chi connectivity index (χ1n) is 15.2. The Bertz CT molecular complexity index is 1160. The number of carbonyl (C=O) groups excluding carboxylic acids is 5. The van der Waals surface area contributed by atoms with E-state index in [9.17, 15) is 24.0 Å². The molecule has 0 spiro atoms. The van der Waals surface area contributed by atoms with Gasteiger partial charge in [-0.25, -0.2) is 9.59 Å². The number of amides is 4. The normalized spacial score (nSPS) is 17.5. The number of alkyl carbamates (subject to hydrolysis) is 1. The van der Waals surface area contributed by atoms with Gasteiger partial charge in [-0.1, -0.05) is 36.4 Å². The Balaban J connectivity index is 2.21. The smallest absolute Gasteiger partial charge is 0.408 e. The Morgan fingerprint density at radius 1 is 1.07 bits per heavy atom. The zero-order valence-corrected chi connectivity index (χ0v) is 27.9. The van der Waals surface area contributed by atoms with Crippen LogP contribution in [0.3, 0.4) is 0 Å². The molecular weight excluding hydrogens is 600 g/mol. The second-order valence-corrected chi connectivity index (χ2v) is 12.7. The van der Waals surface area contributed by atoms with Crippen LogP contribution in [0.1, 0.15) is 59.4 Å². The standard InChI is InChI=1S/C32H48N4O8S/c1-7-42-26(37)14-13-24(19-23-15-17-33-28(23)38)34-29(39)25(16-18-45-6)35-30(40)27(21(2)44-32(3,4)5)36-31(41)43-20-22-11-9-8-10-12-22/h8-14,21,23-25,27H,7,15-20H2,1-6H3,(H,33,38)(H,34,39)(H,35,40)(H,36,41)/b14-13+/t21?,23-,24+,25-,27-/m0/s1. The minimum Gasteiger partial charge on any atom is -0.463 e. The van der Waals surface area contributed by atoms with Crippen LogP contribution in [0, 0.1) is 5.92 Å². The third-order valence-corrected chi connectivity index (χ3v) is 7.45. The van der Waals surface area contributed by atoms with E-state index in [1.165, 1.54) is 23.9 Å². The quantitative estimate of drug-likeness (QED) is 0.147. The number of hydrogen-bond donors (Lipinski definition) is 4. The van der Waals surface area contributed by atoms with Crippen LogP contribution in [-0.4, -0.2) is 84.8 Å². The summed E-state index contributed by atoms with van der Waals surface area (Å²) in [7, 11) is 0. The average Bonchev–Trinajstić information content (AvgIpc) is 3.38. The molecule has 0 saturated carbocycles. The minimum absolute atomic E-state index is 0.00793. The molecule has 5 atom stereocenters. The number of carbonyl (C=O) groups is 5. The highest BCUT2D eigenvalue weighted by molar-refractivity contribution is 7.98. The van der Waals surface area contributed by atoms with Gasteiger partial charge in [-0.05, 0) is 71.5 Å². The summed E-state index contributed by atoms with van der Waals surface area (Å²) in [6.07, 6.45) is 4.18. The van der Waals surface area contributed by atoms with Crippen molar-refractivity contribution in [1.82, 2.24) is 21.3 Å². The van der Waals surface area contributed by atoms with Crippen molar-refractivity contribution in [1.29, 1.82) is 0 Å². The summed E-state index contributed by atoms with van der Waals surface area (Å²) >= 11 is 1.50. The van der Waals surface area contributed by atoms with Crippen LogP contribution < -0.4 is 21.3 Å². The second kappa shape index (κ2) is 19.1. The third-order valence-electron chi connectivity index (χ3n) is 6.80. The average molecular weight is 649 g/mol. The molecule has 0 radical (unpaired) electrons. The molecule has 1 aliphatic heterocycles. The van der Waals surface area contributed by atoms with Crippen LogP contribution in [0.2, 0.25) is 0 Å². The second-order valence-electron chi connectivity index (χ2n) is 11.7. The van der Waals surface area contributed by atoms with E-state index >= 15 is 0 Å². The van der Waals surface area contributed by atoms with Crippen molar-refractivity contribution in [2.75, 3.05) is 25.2 Å². The van der Waals surface area contributed by atoms with E-state index in [0.29, 0.717) is 18.7 Å². The summed E-state index contributed by atoms with van der Waals surface area (Å²) in [6.45, 7) is 9.57. The fourth-order valence-corrected chi connectivity index (χ4v) is 5.18. The summed E-state index contributed by atoms with van der Waals surface area (Å²) in [5.41, 5.74) is 0.150. The molecular formula is C32H48N4O8S. The van der Waals surface area contributed by atoms with Crippen LogP contribution in [0.5, 0.6) is 0 Å². The molecule has 1 saturated heterocycles. The van der Waals surface area contributed by atoms with Crippen molar-refractivity contribution in [2.45, 2.75) is 90.3 Å². The molecule has 4 N–H and O–H groups in total. The van der Waals surface area contributed by atoms with Crippen molar-refractivity contribution in [3.63, 3.8) is 0 Å². The van der Waals surface area contributed by atoms with E-state index < -0.39 is 53.7 Å². The number of thioether (sulfide) groups is 1. The lowest BCUT2D eigenvalue weighted by Gasteiger charge is -2.31. The lowest BCUT2D eigenvalue weighted by molar-refractivity contribution is -0.137. The van der Waals surface area contributed by atoms with Gasteiger partial charge in [0.15, 0.2) is 0 Å².